The van der Waals surface area contributed by atoms with E-state index in [4.69, 9.17) is 4.74 Å². The highest BCUT2D eigenvalue weighted by molar-refractivity contribution is 5.94. The summed E-state index contributed by atoms with van der Waals surface area (Å²) in [6, 6.07) is 5.51. The minimum absolute atomic E-state index is 0.0239. The van der Waals surface area contributed by atoms with E-state index in [0.717, 1.165) is 25.1 Å². The van der Waals surface area contributed by atoms with E-state index >= 15 is 0 Å². The summed E-state index contributed by atoms with van der Waals surface area (Å²) < 4.78 is 6.83. The molecule has 0 aromatic carbocycles. The van der Waals surface area contributed by atoms with Gasteiger partial charge in [-0.05, 0) is 25.0 Å². The number of carbonyl (C=O) groups is 1. The number of ether oxygens (including phenoxy) is 1. The number of likely N-dealkylation sites (tertiary alicyclic amines) is 1. The molecule has 22 heavy (non-hydrogen) atoms. The second-order valence-corrected chi connectivity index (χ2v) is 5.59. The maximum atomic E-state index is 12.6. The van der Waals surface area contributed by atoms with Crippen LogP contribution in [-0.4, -0.2) is 45.8 Å². The van der Waals surface area contributed by atoms with Crippen LogP contribution < -0.4 is 4.74 Å². The second-order valence-electron chi connectivity index (χ2n) is 5.59. The predicted molar refractivity (Wildman–Crippen MR) is 81.9 cm³/mol. The van der Waals surface area contributed by atoms with E-state index in [-0.39, 0.29) is 5.91 Å². The maximum Gasteiger partial charge on any atom is 0.255 e. The zero-order valence-corrected chi connectivity index (χ0v) is 12.9. The molecule has 0 unspecified atom stereocenters. The molecular weight excluding hydrogens is 280 g/mol. The summed E-state index contributed by atoms with van der Waals surface area (Å²) in [4.78, 5) is 18.6. The zero-order valence-electron chi connectivity index (χ0n) is 12.9. The number of hydrogen-bond acceptors (Lipinski definition) is 4. The highest BCUT2D eigenvalue weighted by atomic mass is 16.5. The standard InChI is InChI=1S/C16H20N4O2/c1-19-9-7-14(18-19)13-4-3-8-20(11-13)16(21)12-5-6-15(22-2)17-10-12/h5-7,9-10,13H,3-4,8,11H2,1-2H3/t13-/m0/s1. The van der Waals surface area contributed by atoms with Gasteiger partial charge in [-0.2, -0.15) is 5.10 Å². The van der Waals surface area contributed by atoms with Gasteiger partial charge in [0.15, 0.2) is 0 Å². The lowest BCUT2D eigenvalue weighted by molar-refractivity contribution is 0.0705. The van der Waals surface area contributed by atoms with Crippen LogP contribution in [0, 0.1) is 0 Å². The Balaban J connectivity index is 1.71. The lowest BCUT2D eigenvalue weighted by Gasteiger charge is -2.32. The first-order valence-corrected chi connectivity index (χ1v) is 7.46. The van der Waals surface area contributed by atoms with Crippen LogP contribution in [0.5, 0.6) is 5.88 Å². The van der Waals surface area contributed by atoms with Gasteiger partial charge in [0, 0.05) is 44.5 Å². The zero-order chi connectivity index (χ0) is 15.5. The molecular formula is C16H20N4O2. The number of rotatable bonds is 3. The van der Waals surface area contributed by atoms with Gasteiger partial charge >= 0.3 is 0 Å². The highest BCUT2D eigenvalue weighted by Gasteiger charge is 2.26. The Morgan fingerprint density at radius 3 is 2.86 bits per heavy atom. The van der Waals surface area contributed by atoms with Crippen molar-refractivity contribution in [1.29, 1.82) is 0 Å². The number of hydrogen-bond donors (Lipinski definition) is 0. The molecule has 0 N–H and O–H groups in total. The third-order valence-corrected chi connectivity index (χ3v) is 4.05. The number of pyridine rings is 1. The van der Waals surface area contributed by atoms with Gasteiger partial charge in [-0.3, -0.25) is 9.48 Å². The van der Waals surface area contributed by atoms with E-state index < -0.39 is 0 Å². The second kappa shape index (κ2) is 6.17. The van der Waals surface area contributed by atoms with Crippen molar-refractivity contribution in [2.75, 3.05) is 20.2 Å². The molecule has 1 aliphatic rings. The molecule has 0 spiro atoms. The molecule has 3 rings (SSSR count). The van der Waals surface area contributed by atoms with Crippen molar-refractivity contribution in [3.8, 4) is 5.88 Å². The summed E-state index contributed by atoms with van der Waals surface area (Å²) in [5.74, 6) is 0.849. The summed E-state index contributed by atoms with van der Waals surface area (Å²) in [5.41, 5.74) is 1.66. The quantitative estimate of drug-likeness (QED) is 0.868. The molecule has 1 amide bonds. The minimum Gasteiger partial charge on any atom is -0.481 e. The molecule has 6 heteroatoms. The molecule has 6 nitrogen and oxygen atoms in total. The first kappa shape index (κ1) is 14.6. The van der Waals surface area contributed by atoms with Gasteiger partial charge in [0.25, 0.3) is 5.91 Å². The summed E-state index contributed by atoms with van der Waals surface area (Å²) in [7, 11) is 3.48. The van der Waals surface area contributed by atoms with E-state index in [1.54, 1.807) is 25.4 Å². The first-order chi connectivity index (χ1) is 10.7. The van der Waals surface area contributed by atoms with Crippen molar-refractivity contribution in [3.63, 3.8) is 0 Å². The molecule has 0 bridgehead atoms. The number of methoxy groups -OCH3 is 1. The maximum absolute atomic E-state index is 12.6. The molecule has 1 atom stereocenters. The van der Waals surface area contributed by atoms with Gasteiger partial charge in [-0.1, -0.05) is 0 Å². The Kier molecular flexibility index (Phi) is 4.09. The largest absolute Gasteiger partial charge is 0.481 e. The fourth-order valence-electron chi connectivity index (χ4n) is 2.86. The number of nitrogens with zero attached hydrogens (tertiary/aromatic N) is 4. The van der Waals surface area contributed by atoms with E-state index in [2.05, 4.69) is 10.1 Å². The summed E-state index contributed by atoms with van der Waals surface area (Å²) in [6.07, 6.45) is 5.59. The molecule has 3 heterocycles. The van der Waals surface area contributed by atoms with Crippen LogP contribution in [0.4, 0.5) is 0 Å². The molecule has 2 aromatic rings. The third-order valence-electron chi connectivity index (χ3n) is 4.05. The molecule has 1 aliphatic heterocycles. The van der Waals surface area contributed by atoms with Crippen molar-refractivity contribution in [2.45, 2.75) is 18.8 Å². The topological polar surface area (TPSA) is 60.2 Å². The molecule has 0 saturated carbocycles. The summed E-state index contributed by atoms with van der Waals surface area (Å²) in [6.45, 7) is 1.50. The highest BCUT2D eigenvalue weighted by Crippen LogP contribution is 2.26. The van der Waals surface area contributed by atoms with Gasteiger partial charge in [-0.15, -0.1) is 0 Å². The number of aryl methyl sites for hydroxylation is 1. The molecule has 116 valence electrons. The SMILES string of the molecule is COc1ccc(C(=O)N2CCC[C@H](c3ccn(C)n3)C2)cn1. The van der Waals surface area contributed by atoms with E-state index in [1.807, 2.05) is 28.9 Å². The van der Waals surface area contributed by atoms with Crippen LogP contribution in [0.1, 0.15) is 34.8 Å². The van der Waals surface area contributed by atoms with Crippen LogP contribution >= 0.6 is 0 Å². The van der Waals surface area contributed by atoms with Crippen LogP contribution in [0.15, 0.2) is 30.6 Å². The van der Waals surface area contributed by atoms with Gasteiger partial charge in [0.05, 0.1) is 18.4 Å². The van der Waals surface area contributed by atoms with Gasteiger partial charge in [-0.25, -0.2) is 4.98 Å². The first-order valence-electron chi connectivity index (χ1n) is 7.46. The van der Waals surface area contributed by atoms with E-state index in [9.17, 15) is 4.79 Å². The van der Waals surface area contributed by atoms with Crippen molar-refractivity contribution >= 4 is 5.91 Å². The van der Waals surface area contributed by atoms with E-state index in [1.165, 1.54) is 0 Å². The van der Waals surface area contributed by atoms with Gasteiger partial charge < -0.3 is 9.64 Å². The van der Waals surface area contributed by atoms with Gasteiger partial charge in [0.1, 0.15) is 0 Å². The van der Waals surface area contributed by atoms with E-state index in [0.29, 0.717) is 23.9 Å². The Morgan fingerprint density at radius 2 is 2.23 bits per heavy atom. The van der Waals surface area contributed by atoms with Crippen molar-refractivity contribution in [1.82, 2.24) is 19.7 Å². The number of piperidine rings is 1. The molecule has 0 radical (unpaired) electrons. The normalized spacial score (nSPS) is 18.3. The lowest BCUT2D eigenvalue weighted by atomic mass is 9.94. The number of carbonyl (C=O) groups excluding carboxylic acids is 1. The Bertz CT molecular complexity index is 650. The van der Waals surface area contributed by atoms with Crippen molar-refractivity contribution in [3.05, 3.63) is 41.9 Å². The molecule has 2 aromatic heterocycles. The average Bonchev–Trinajstić information content (AvgIpc) is 3.01. The third kappa shape index (κ3) is 2.95. The predicted octanol–water partition coefficient (Wildman–Crippen LogP) is 1.84. The lowest BCUT2D eigenvalue weighted by Crippen LogP contribution is -2.39. The monoisotopic (exact) mass is 300 g/mol. The van der Waals surface area contributed by atoms with Crippen LogP contribution in [0.2, 0.25) is 0 Å². The fourth-order valence-corrected chi connectivity index (χ4v) is 2.86. The summed E-state index contributed by atoms with van der Waals surface area (Å²) in [5, 5.41) is 4.47. The smallest absolute Gasteiger partial charge is 0.255 e. The van der Waals surface area contributed by atoms with Crippen LogP contribution in [-0.2, 0) is 7.05 Å². The van der Waals surface area contributed by atoms with Crippen LogP contribution in [0.3, 0.4) is 0 Å². The number of amides is 1. The Labute approximate surface area is 129 Å². The molecule has 0 aliphatic carbocycles. The average molecular weight is 300 g/mol. The minimum atomic E-state index is 0.0239. The van der Waals surface area contributed by atoms with Crippen molar-refractivity contribution in [2.24, 2.45) is 7.05 Å². The Hall–Kier alpha value is -2.37. The molecule has 1 saturated heterocycles. The summed E-state index contributed by atoms with van der Waals surface area (Å²) >= 11 is 0. The number of aromatic nitrogens is 3. The van der Waals surface area contributed by atoms with Crippen molar-refractivity contribution < 1.29 is 9.53 Å². The fraction of sp³-hybridized carbons (Fsp3) is 0.438. The van der Waals surface area contributed by atoms with Crippen LogP contribution in [0.25, 0.3) is 0 Å². The molecule has 1 fully saturated rings. The Morgan fingerprint density at radius 1 is 1.36 bits per heavy atom. The van der Waals surface area contributed by atoms with Gasteiger partial charge in [0.2, 0.25) is 5.88 Å².